The van der Waals surface area contributed by atoms with Crippen molar-refractivity contribution < 1.29 is 9.53 Å². The third-order valence-corrected chi connectivity index (χ3v) is 2.79. The van der Waals surface area contributed by atoms with Crippen LogP contribution in [0.1, 0.15) is 0 Å². The van der Waals surface area contributed by atoms with Crippen molar-refractivity contribution in [2.45, 2.75) is 5.03 Å². The summed E-state index contributed by atoms with van der Waals surface area (Å²) in [5.74, 6) is 0.00410. The number of nitrogen functional groups attached to an aromatic ring is 1. The summed E-state index contributed by atoms with van der Waals surface area (Å²) in [6.07, 6.45) is 1.29. The highest BCUT2D eigenvalue weighted by atomic mass is 35.5. The molecule has 0 aliphatic rings. The molecule has 5 nitrogen and oxygen atoms in total. The molecule has 0 aromatic carbocycles. The molecule has 0 bridgehead atoms. The minimum Gasteiger partial charge on any atom is -0.468 e. The van der Waals surface area contributed by atoms with Crippen LogP contribution in [0, 0.1) is 0 Å². The first kappa shape index (κ1) is 11.1. The van der Waals surface area contributed by atoms with Crippen molar-refractivity contribution >= 4 is 35.1 Å². The highest BCUT2D eigenvalue weighted by Gasteiger charge is 2.09. The molecule has 0 saturated carbocycles. The SMILES string of the molecule is COC(=O)CSc1ncnc(N)c1Cl. The molecule has 1 heterocycles. The Bertz CT molecular complexity index is 348. The van der Waals surface area contributed by atoms with E-state index in [0.29, 0.717) is 5.03 Å². The van der Waals surface area contributed by atoms with Gasteiger partial charge in [0.1, 0.15) is 22.2 Å². The fourth-order valence-corrected chi connectivity index (χ4v) is 1.64. The van der Waals surface area contributed by atoms with Gasteiger partial charge in [0.15, 0.2) is 0 Å². The van der Waals surface area contributed by atoms with Gasteiger partial charge in [0.05, 0.1) is 12.9 Å². The molecule has 0 fully saturated rings. The fraction of sp³-hybridized carbons (Fsp3) is 0.286. The molecule has 0 aliphatic carbocycles. The maximum absolute atomic E-state index is 10.8. The summed E-state index contributed by atoms with van der Waals surface area (Å²) < 4.78 is 4.46. The standard InChI is InChI=1S/C7H8ClN3O2S/c1-13-4(12)2-14-7-5(8)6(9)10-3-11-7/h3H,2H2,1H3,(H2,9,10,11). The number of hydrogen-bond donors (Lipinski definition) is 1. The minimum absolute atomic E-state index is 0.146. The van der Waals surface area contributed by atoms with Crippen LogP contribution in [0.4, 0.5) is 5.82 Å². The minimum atomic E-state index is -0.344. The van der Waals surface area contributed by atoms with Crippen LogP contribution in [0.5, 0.6) is 0 Å². The van der Waals surface area contributed by atoms with Gasteiger partial charge in [-0.05, 0) is 0 Å². The number of aromatic nitrogens is 2. The van der Waals surface area contributed by atoms with E-state index in [9.17, 15) is 4.79 Å². The van der Waals surface area contributed by atoms with Crippen molar-refractivity contribution in [1.29, 1.82) is 0 Å². The second kappa shape index (κ2) is 5.02. The van der Waals surface area contributed by atoms with E-state index in [-0.39, 0.29) is 22.6 Å². The molecule has 0 atom stereocenters. The second-order valence-electron chi connectivity index (χ2n) is 2.24. The Hall–Kier alpha value is -1.01. The summed E-state index contributed by atoms with van der Waals surface area (Å²) in [5.41, 5.74) is 5.45. The van der Waals surface area contributed by atoms with E-state index in [1.807, 2.05) is 0 Å². The normalized spacial score (nSPS) is 9.86. The molecule has 14 heavy (non-hydrogen) atoms. The first-order chi connectivity index (χ1) is 6.65. The molecule has 2 N–H and O–H groups in total. The summed E-state index contributed by atoms with van der Waals surface area (Å²) >= 11 is 6.95. The first-order valence-corrected chi connectivity index (χ1v) is 4.97. The van der Waals surface area contributed by atoms with Gasteiger partial charge in [0.2, 0.25) is 0 Å². The van der Waals surface area contributed by atoms with E-state index in [2.05, 4.69) is 14.7 Å². The molecule has 76 valence electrons. The monoisotopic (exact) mass is 233 g/mol. The first-order valence-electron chi connectivity index (χ1n) is 3.60. The van der Waals surface area contributed by atoms with Crippen LogP contribution < -0.4 is 5.73 Å². The van der Waals surface area contributed by atoms with E-state index in [0.717, 1.165) is 11.8 Å². The van der Waals surface area contributed by atoms with Crippen LogP contribution in [-0.2, 0) is 9.53 Å². The van der Waals surface area contributed by atoms with Gasteiger partial charge in [0, 0.05) is 0 Å². The number of thioether (sulfide) groups is 1. The average Bonchev–Trinajstić information content (AvgIpc) is 2.20. The van der Waals surface area contributed by atoms with Crippen molar-refractivity contribution in [2.75, 3.05) is 18.6 Å². The van der Waals surface area contributed by atoms with Gasteiger partial charge < -0.3 is 10.5 Å². The molecule has 1 aromatic heterocycles. The van der Waals surface area contributed by atoms with Crippen molar-refractivity contribution in [3.63, 3.8) is 0 Å². The molecule has 0 amide bonds. The zero-order valence-electron chi connectivity index (χ0n) is 7.36. The number of rotatable bonds is 3. The van der Waals surface area contributed by atoms with Gasteiger partial charge in [0.25, 0.3) is 0 Å². The Morgan fingerprint density at radius 1 is 1.71 bits per heavy atom. The number of ether oxygens (including phenoxy) is 1. The van der Waals surface area contributed by atoms with Crippen LogP contribution in [-0.4, -0.2) is 28.8 Å². The smallest absolute Gasteiger partial charge is 0.316 e. The predicted molar refractivity (Wildman–Crippen MR) is 54.2 cm³/mol. The van der Waals surface area contributed by atoms with Crippen LogP contribution in [0.25, 0.3) is 0 Å². The lowest BCUT2D eigenvalue weighted by Gasteiger charge is -2.02. The van der Waals surface area contributed by atoms with E-state index in [1.54, 1.807) is 0 Å². The van der Waals surface area contributed by atoms with Gasteiger partial charge in [-0.3, -0.25) is 4.79 Å². The lowest BCUT2D eigenvalue weighted by atomic mass is 10.6. The van der Waals surface area contributed by atoms with Gasteiger partial charge in [-0.2, -0.15) is 0 Å². The Kier molecular flexibility index (Phi) is 3.97. The fourth-order valence-electron chi connectivity index (χ4n) is 0.653. The molecule has 0 unspecified atom stereocenters. The summed E-state index contributed by atoms with van der Waals surface area (Å²) in [6.45, 7) is 0. The van der Waals surface area contributed by atoms with Crippen molar-refractivity contribution in [2.24, 2.45) is 0 Å². The average molecular weight is 234 g/mol. The number of carbonyl (C=O) groups is 1. The molecule has 7 heteroatoms. The number of halogens is 1. The highest BCUT2D eigenvalue weighted by Crippen LogP contribution is 2.27. The summed E-state index contributed by atoms with van der Waals surface area (Å²) in [4.78, 5) is 18.4. The molecule has 0 saturated heterocycles. The van der Waals surface area contributed by atoms with Crippen LogP contribution in [0.2, 0.25) is 5.02 Å². The number of nitrogens with two attached hydrogens (primary N) is 1. The molecule has 0 radical (unpaired) electrons. The number of esters is 1. The highest BCUT2D eigenvalue weighted by molar-refractivity contribution is 8.00. The molecule has 0 spiro atoms. The Labute approximate surface area is 90.0 Å². The van der Waals surface area contributed by atoms with Crippen molar-refractivity contribution in [3.8, 4) is 0 Å². The van der Waals surface area contributed by atoms with Gasteiger partial charge in [-0.15, -0.1) is 0 Å². The maximum atomic E-state index is 10.8. The number of carbonyl (C=O) groups excluding carboxylic acids is 1. The van der Waals surface area contributed by atoms with E-state index in [4.69, 9.17) is 17.3 Å². The van der Waals surface area contributed by atoms with Gasteiger partial charge >= 0.3 is 5.97 Å². The quantitative estimate of drug-likeness (QED) is 0.476. The third kappa shape index (κ3) is 2.74. The van der Waals surface area contributed by atoms with E-state index >= 15 is 0 Å². The molecule has 1 rings (SSSR count). The number of methoxy groups -OCH3 is 1. The summed E-state index contributed by atoms with van der Waals surface area (Å²) in [6, 6.07) is 0. The van der Waals surface area contributed by atoms with Crippen LogP contribution in [0.3, 0.4) is 0 Å². The summed E-state index contributed by atoms with van der Waals surface area (Å²) in [7, 11) is 1.32. The van der Waals surface area contributed by atoms with E-state index < -0.39 is 0 Å². The Balaban J connectivity index is 2.68. The second-order valence-corrected chi connectivity index (χ2v) is 3.58. The van der Waals surface area contributed by atoms with Crippen LogP contribution in [0.15, 0.2) is 11.4 Å². The van der Waals surface area contributed by atoms with Gasteiger partial charge in [-0.1, -0.05) is 23.4 Å². The molecular weight excluding hydrogens is 226 g/mol. The largest absolute Gasteiger partial charge is 0.468 e. The molecule has 1 aromatic rings. The number of anilines is 1. The topological polar surface area (TPSA) is 78.1 Å². The Morgan fingerprint density at radius 2 is 2.43 bits per heavy atom. The van der Waals surface area contributed by atoms with Crippen molar-refractivity contribution in [3.05, 3.63) is 11.3 Å². The summed E-state index contributed by atoms with van der Waals surface area (Å²) in [5, 5.41) is 0.742. The number of nitrogens with zero attached hydrogens (tertiary/aromatic N) is 2. The lowest BCUT2D eigenvalue weighted by molar-refractivity contribution is -0.137. The molecule has 0 aliphatic heterocycles. The van der Waals surface area contributed by atoms with Crippen molar-refractivity contribution in [1.82, 2.24) is 9.97 Å². The lowest BCUT2D eigenvalue weighted by Crippen LogP contribution is -2.04. The predicted octanol–water partition coefficient (Wildman–Crippen LogP) is 0.977. The maximum Gasteiger partial charge on any atom is 0.316 e. The third-order valence-electron chi connectivity index (χ3n) is 1.34. The Morgan fingerprint density at radius 3 is 3.07 bits per heavy atom. The number of hydrogen-bond acceptors (Lipinski definition) is 6. The zero-order chi connectivity index (χ0) is 10.6. The van der Waals surface area contributed by atoms with Crippen LogP contribution >= 0.6 is 23.4 Å². The zero-order valence-corrected chi connectivity index (χ0v) is 8.93. The van der Waals surface area contributed by atoms with Gasteiger partial charge in [-0.25, -0.2) is 9.97 Å². The van der Waals surface area contributed by atoms with E-state index in [1.165, 1.54) is 13.4 Å². The molecular formula is C7H8ClN3O2S.